The highest BCUT2D eigenvalue weighted by atomic mass is 32.2. The smallest absolute Gasteiger partial charge is 0.314 e. The minimum absolute atomic E-state index is 0.0279. The summed E-state index contributed by atoms with van der Waals surface area (Å²) in [5.74, 6) is 0.0279. The van der Waals surface area contributed by atoms with Gasteiger partial charge in [0.15, 0.2) is 0 Å². The number of hydrogen-bond donors (Lipinski definition) is 1. The van der Waals surface area contributed by atoms with Gasteiger partial charge in [-0.3, -0.25) is 4.74 Å². The van der Waals surface area contributed by atoms with Crippen LogP contribution < -0.4 is 5.32 Å². The lowest BCUT2D eigenvalue weighted by atomic mass is 10.5. The zero-order chi connectivity index (χ0) is 11.9. The molecule has 0 saturated carbocycles. The minimum Gasteiger partial charge on any atom is -0.314 e. The van der Waals surface area contributed by atoms with Crippen molar-refractivity contribution in [3.05, 3.63) is 0 Å². The highest BCUT2D eigenvalue weighted by Crippen LogP contribution is 2.14. The molecule has 8 heteroatoms. The van der Waals surface area contributed by atoms with E-state index in [9.17, 15) is 21.6 Å². The first-order chi connectivity index (χ1) is 6.71. The van der Waals surface area contributed by atoms with Crippen LogP contribution in [0, 0.1) is 0 Å². The molecule has 0 aromatic rings. The Labute approximate surface area is 86.7 Å². The van der Waals surface area contributed by atoms with Crippen LogP contribution in [0.15, 0.2) is 0 Å². The van der Waals surface area contributed by atoms with E-state index in [0.717, 1.165) is 6.26 Å². The molecule has 0 rings (SSSR count). The number of hydrogen-bond acceptors (Lipinski definition) is 4. The standard InChI is InChI=1S/C7H14F3NO3S/c1-15(12,13)6-2-3-11-4-5-14-7(8,9)10/h11H,2-6H2,1H3. The molecule has 0 aliphatic rings. The number of nitrogens with one attached hydrogen (secondary N) is 1. The van der Waals surface area contributed by atoms with Gasteiger partial charge < -0.3 is 5.32 Å². The predicted octanol–water partition coefficient (Wildman–Crippen LogP) is 0.547. The SMILES string of the molecule is CS(=O)(=O)CCCNCCOC(F)(F)F. The summed E-state index contributed by atoms with van der Waals surface area (Å²) in [7, 11) is -2.99. The second-order valence-electron chi connectivity index (χ2n) is 3.03. The molecule has 0 bridgehead atoms. The van der Waals surface area contributed by atoms with Crippen molar-refractivity contribution in [2.75, 3.05) is 31.7 Å². The van der Waals surface area contributed by atoms with E-state index in [0.29, 0.717) is 13.0 Å². The first-order valence-corrected chi connectivity index (χ1v) is 6.36. The summed E-state index contributed by atoms with van der Waals surface area (Å²) >= 11 is 0. The van der Waals surface area contributed by atoms with Crippen LogP contribution in [0.5, 0.6) is 0 Å². The second kappa shape index (κ2) is 6.29. The molecule has 0 atom stereocenters. The quantitative estimate of drug-likeness (QED) is 0.669. The monoisotopic (exact) mass is 249 g/mol. The van der Waals surface area contributed by atoms with Crippen molar-refractivity contribution < 1.29 is 26.3 Å². The van der Waals surface area contributed by atoms with Gasteiger partial charge in [0.1, 0.15) is 9.84 Å². The van der Waals surface area contributed by atoms with E-state index in [4.69, 9.17) is 0 Å². The van der Waals surface area contributed by atoms with E-state index in [-0.39, 0.29) is 12.3 Å². The third-order valence-corrected chi connectivity index (χ3v) is 2.44. The molecule has 0 aliphatic carbocycles. The van der Waals surface area contributed by atoms with Crippen LogP contribution >= 0.6 is 0 Å². The lowest BCUT2D eigenvalue weighted by Crippen LogP contribution is -2.25. The van der Waals surface area contributed by atoms with Crippen LogP contribution in [-0.4, -0.2) is 46.5 Å². The zero-order valence-electron chi connectivity index (χ0n) is 8.30. The van der Waals surface area contributed by atoms with Crippen LogP contribution in [0.2, 0.25) is 0 Å². The Hall–Kier alpha value is -0.340. The number of halogens is 3. The Kier molecular flexibility index (Phi) is 6.15. The molecule has 0 aromatic carbocycles. The summed E-state index contributed by atoms with van der Waals surface area (Å²) in [5, 5.41) is 2.64. The highest BCUT2D eigenvalue weighted by molar-refractivity contribution is 7.90. The fraction of sp³-hybridized carbons (Fsp3) is 1.00. The van der Waals surface area contributed by atoms with Crippen LogP contribution in [0.1, 0.15) is 6.42 Å². The van der Waals surface area contributed by atoms with Gasteiger partial charge >= 0.3 is 6.36 Å². The summed E-state index contributed by atoms with van der Waals surface area (Å²) in [5.41, 5.74) is 0. The third kappa shape index (κ3) is 13.7. The van der Waals surface area contributed by atoms with Crippen molar-refractivity contribution in [2.45, 2.75) is 12.8 Å². The second-order valence-corrected chi connectivity index (χ2v) is 5.29. The van der Waals surface area contributed by atoms with E-state index in [1.807, 2.05) is 0 Å². The Morgan fingerprint density at radius 3 is 2.33 bits per heavy atom. The Morgan fingerprint density at radius 1 is 1.27 bits per heavy atom. The number of rotatable bonds is 7. The number of sulfone groups is 1. The van der Waals surface area contributed by atoms with Crippen molar-refractivity contribution in [3.8, 4) is 0 Å². The topological polar surface area (TPSA) is 55.4 Å². The molecular formula is C7H14F3NO3S. The van der Waals surface area contributed by atoms with E-state index in [1.54, 1.807) is 0 Å². The van der Waals surface area contributed by atoms with E-state index in [1.165, 1.54) is 0 Å². The number of ether oxygens (including phenoxy) is 1. The molecule has 0 fully saturated rings. The molecule has 1 N–H and O–H groups in total. The molecule has 0 aliphatic heterocycles. The van der Waals surface area contributed by atoms with Gasteiger partial charge in [0.05, 0.1) is 12.4 Å². The van der Waals surface area contributed by atoms with Crippen molar-refractivity contribution in [1.29, 1.82) is 0 Å². The molecule has 0 saturated heterocycles. The normalized spacial score (nSPS) is 13.1. The maximum Gasteiger partial charge on any atom is 0.522 e. The molecule has 92 valence electrons. The van der Waals surface area contributed by atoms with Gasteiger partial charge in [-0.2, -0.15) is 0 Å². The Balaban J connectivity index is 3.27. The molecule has 4 nitrogen and oxygen atoms in total. The van der Waals surface area contributed by atoms with Crippen molar-refractivity contribution in [1.82, 2.24) is 5.32 Å². The first-order valence-electron chi connectivity index (χ1n) is 4.30. The molecule has 0 spiro atoms. The van der Waals surface area contributed by atoms with E-state index < -0.39 is 22.8 Å². The Morgan fingerprint density at radius 2 is 1.87 bits per heavy atom. The fourth-order valence-corrected chi connectivity index (χ4v) is 1.49. The van der Waals surface area contributed by atoms with E-state index >= 15 is 0 Å². The van der Waals surface area contributed by atoms with Gasteiger partial charge in [-0.25, -0.2) is 8.42 Å². The molecular weight excluding hydrogens is 235 g/mol. The lowest BCUT2D eigenvalue weighted by Gasteiger charge is -2.07. The summed E-state index contributed by atoms with van der Waals surface area (Å²) < 4.78 is 59.2. The van der Waals surface area contributed by atoms with Crippen LogP contribution in [0.3, 0.4) is 0 Å². The van der Waals surface area contributed by atoms with Crippen LogP contribution in [-0.2, 0) is 14.6 Å². The summed E-state index contributed by atoms with van der Waals surface area (Å²) in [6.07, 6.45) is -3.11. The maximum atomic E-state index is 11.5. The van der Waals surface area contributed by atoms with Gasteiger partial charge in [0.25, 0.3) is 0 Å². The average molecular weight is 249 g/mol. The number of alkyl halides is 3. The van der Waals surface area contributed by atoms with Gasteiger partial charge in [-0.1, -0.05) is 0 Å². The highest BCUT2D eigenvalue weighted by Gasteiger charge is 2.28. The maximum absolute atomic E-state index is 11.5. The van der Waals surface area contributed by atoms with Crippen LogP contribution in [0.25, 0.3) is 0 Å². The molecule has 15 heavy (non-hydrogen) atoms. The Bertz CT molecular complexity index is 263. The van der Waals surface area contributed by atoms with Crippen molar-refractivity contribution in [2.24, 2.45) is 0 Å². The van der Waals surface area contributed by atoms with E-state index in [2.05, 4.69) is 10.1 Å². The average Bonchev–Trinajstić information content (AvgIpc) is 1.98. The van der Waals surface area contributed by atoms with Crippen LogP contribution in [0.4, 0.5) is 13.2 Å². The summed E-state index contributed by atoms with van der Waals surface area (Å²) in [4.78, 5) is 0. The predicted molar refractivity (Wildman–Crippen MR) is 49.2 cm³/mol. The van der Waals surface area contributed by atoms with Crippen molar-refractivity contribution in [3.63, 3.8) is 0 Å². The molecule has 0 aromatic heterocycles. The first kappa shape index (κ1) is 14.7. The van der Waals surface area contributed by atoms with Gasteiger partial charge in [0.2, 0.25) is 0 Å². The fourth-order valence-electron chi connectivity index (χ4n) is 0.823. The third-order valence-electron chi connectivity index (χ3n) is 1.41. The summed E-state index contributed by atoms with van der Waals surface area (Å²) in [6.45, 7) is -0.0695. The zero-order valence-corrected chi connectivity index (χ0v) is 9.12. The molecule has 0 heterocycles. The molecule has 0 radical (unpaired) electrons. The summed E-state index contributed by atoms with van der Waals surface area (Å²) in [6, 6.07) is 0. The van der Waals surface area contributed by atoms with Crippen molar-refractivity contribution >= 4 is 9.84 Å². The lowest BCUT2D eigenvalue weighted by molar-refractivity contribution is -0.323. The largest absolute Gasteiger partial charge is 0.522 e. The molecule has 0 amide bonds. The van der Waals surface area contributed by atoms with Gasteiger partial charge in [-0.05, 0) is 13.0 Å². The van der Waals surface area contributed by atoms with Gasteiger partial charge in [0, 0.05) is 12.8 Å². The molecule has 0 unspecified atom stereocenters. The van der Waals surface area contributed by atoms with Gasteiger partial charge in [-0.15, -0.1) is 13.2 Å². The minimum atomic E-state index is -4.60.